The Hall–Kier alpha value is -2.42. The summed E-state index contributed by atoms with van der Waals surface area (Å²) in [5.74, 6) is -0.288. The van der Waals surface area contributed by atoms with Crippen LogP contribution in [0.1, 0.15) is 22.5 Å². The number of benzene rings is 1. The molecule has 1 heterocycles. The van der Waals surface area contributed by atoms with Crippen molar-refractivity contribution in [2.24, 2.45) is 5.10 Å². The summed E-state index contributed by atoms with van der Waals surface area (Å²) >= 11 is 1.17. The Morgan fingerprint density at radius 1 is 1.20 bits per heavy atom. The molecule has 9 heteroatoms. The van der Waals surface area contributed by atoms with Crippen LogP contribution in [0, 0.1) is 13.8 Å². The number of halogens is 3. The van der Waals surface area contributed by atoms with Gasteiger partial charge in [0.15, 0.2) is 5.16 Å². The van der Waals surface area contributed by atoms with Crippen LogP contribution in [-0.4, -0.2) is 27.8 Å². The molecule has 0 bridgehead atoms. The molecule has 1 aromatic heterocycles. The quantitative estimate of drug-likeness (QED) is 0.380. The first-order valence-electron chi connectivity index (χ1n) is 7.18. The molecule has 0 spiro atoms. The van der Waals surface area contributed by atoms with Crippen LogP contribution in [-0.2, 0) is 11.0 Å². The van der Waals surface area contributed by atoms with Gasteiger partial charge in [0.25, 0.3) is 5.91 Å². The van der Waals surface area contributed by atoms with E-state index in [0.717, 1.165) is 23.5 Å². The summed E-state index contributed by atoms with van der Waals surface area (Å²) in [6, 6.07) is 6.29. The second kappa shape index (κ2) is 8.11. The number of nitrogens with zero attached hydrogens (tertiary/aromatic N) is 3. The lowest BCUT2D eigenvalue weighted by atomic mass is 10.1. The van der Waals surface area contributed by atoms with E-state index in [9.17, 15) is 18.0 Å². The van der Waals surface area contributed by atoms with Crippen LogP contribution in [0.25, 0.3) is 0 Å². The van der Waals surface area contributed by atoms with Gasteiger partial charge in [0, 0.05) is 11.4 Å². The molecule has 0 saturated carbocycles. The number of thioether (sulfide) groups is 1. The van der Waals surface area contributed by atoms with Gasteiger partial charge in [-0.25, -0.2) is 15.4 Å². The van der Waals surface area contributed by atoms with Gasteiger partial charge in [-0.05, 0) is 37.6 Å². The van der Waals surface area contributed by atoms with Gasteiger partial charge in [-0.3, -0.25) is 4.79 Å². The van der Waals surface area contributed by atoms with Crippen LogP contribution < -0.4 is 5.43 Å². The Bertz CT molecular complexity index is 756. The van der Waals surface area contributed by atoms with E-state index >= 15 is 0 Å². The van der Waals surface area contributed by atoms with Gasteiger partial charge in [0.1, 0.15) is 0 Å². The Balaban J connectivity index is 1.84. The molecule has 25 heavy (non-hydrogen) atoms. The summed E-state index contributed by atoms with van der Waals surface area (Å²) in [5.41, 5.74) is 3.64. The van der Waals surface area contributed by atoms with Crippen LogP contribution >= 0.6 is 11.8 Å². The number of hydrogen-bond donors (Lipinski definition) is 1. The highest BCUT2D eigenvalue weighted by Gasteiger charge is 2.29. The van der Waals surface area contributed by atoms with Gasteiger partial charge < -0.3 is 0 Å². The SMILES string of the molecule is Cc1cc(C)nc(SCC(=O)N/N=C/c2ccc(C(F)(F)F)cc2)n1. The molecule has 0 atom stereocenters. The zero-order valence-electron chi connectivity index (χ0n) is 13.5. The first kappa shape index (κ1) is 18.9. The maximum absolute atomic E-state index is 12.4. The van der Waals surface area contributed by atoms with Crippen LogP contribution in [0.4, 0.5) is 13.2 Å². The fraction of sp³-hybridized carbons (Fsp3) is 0.250. The highest BCUT2D eigenvalue weighted by atomic mass is 32.2. The van der Waals surface area contributed by atoms with Gasteiger partial charge in [-0.2, -0.15) is 18.3 Å². The van der Waals surface area contributed by atoms with E-state index in [1.807, 2.05) is 19.9 Å². The molecule has 0 aliphatic carbocycles. The van der Waals surface area contributed by atoms with Crippen molar-refractivity contribution in [1.29, 1.82) is 0 Å². The van der Waals surface area contributed by atoms with Gasteiger partial charge in [0.2, 0.25) is 0 Å². The summed E-state index contributed by atoms with van der Waals surface area (Å²) in [5, 5.41) is 4.22. The third-order valence-corrected chi connectivity index (χ3v) is 3.78. The van der Waals surface area contributed by atoms with Crippen molar-refractivity contribution in [2.75, 3.05) is 5.75 Å². The van der Waals surface area contributed by atoms with E-state index in [1.54, 1.807) is 0 Å². The van der Waals surface area contributed by atoms with E-state index in [-0.39, 0.29) is 11.7 Å². The fourth-order valence-electron chi connectivity index (χ4n) is 1.86. The maximum atomic E-state index is 12.4. The minimum atomic E-state index is -4.38. The zero-order valence-corrected chi connectivity index (χ0v) is 14.3. The molecule has 1 aromatic carbocycles. The second-order valence-electron chi connectivity index (χ2n) is 5.13. The van der Waals surface area contributed by atoms with Gasteiger partial charge in [0.05, 0.1) is 17.5 Å². The van der Waals surface area contributed by atoms with E-state index in [2.05, 4.69) is 20.5 Å². The van der Waals surface area contributed by atoms with Gasteiger partial charge >= 0.3 is 6.18 Å². The predicted molar refractivity (Wildman–Crippen MR) is 89.4 cm³/mol. The first-order chi connectivity index (χ1) is 11.7. The summed E-state index contributed by atoms with van der Waals surface area (Å²) in [6.45, 7) is 3.68. The van der Waals surface area contributed by atoms with E-state index < -0.39 is 11.7 Å². The van der Waals surface area contributed by atoms with Crippen molar-refractivity contribution in [3.8, 4) is 0 Å². The largest absolute Gasteiger partial charge is 0.416 e. The van der Waals surface area contributed by atoms with E-state index in [1.165, 1.54) is 30.1 Å². The number of carbonyl (C=O) groups is 1. The molecule has 1 amide bonds. The minimum absolute atomic E-state index is 0.0766. The molecular weight excluding hydrogens is 353 g/mol. The number of rotatable bonds is 5. The molecule has 5 nitrogen and oxygen atoms in total. The van der Waals surface area contributed by atoms with Gasteiger partial charge in [-0.15, -0.1) is 0 Å². The van der Waals surface area contributed by atoms with Crippen molar-refractivity contribution in [1.82, 2.24) is 15.4 Å². The van der Waals surface area contributed by atoms with E-state index in [4.69, 9.17) is 0 Å². The average molecular weight is 368 g/mol. The third-order valence-electron chi connectivity index (χ3n) is 2.94. The summed E-state index contributed by atoms with van der Waals surface area (Å²) in [6.07, 6.45) is -3.10. The Labute approximate surface area is 146 Å². The Morgan fingerprint density at radius 2 is 1.80 bits per heavy atom. The minimum Gasteiger partial charge on any atom is -0.272 e. The first-order valence-corrected chi connectivity index (χ1v) is 8.17. The van der Waals surface area contributed by atoms with Crippen molar-refractivity contribution in [3.63, 3.8) is 0 Å². The number of aryl methyl sites for hydroxylation is 2. The molecule has 0 saturated heterocycles. The van der Waals surface area contributed by atoms with Crippen LogP contribution in [0.2, 0.25) is 0 Å². The predicted octanol–water partition coefficient (Wildman–Crippen LogP) is 3.35. The average Bonchev–Trinajstić information content (AvgIpc) is 2.52. The number of alkyl halides is 3. The number of carbonyl (C=O) groups excluding carboxylic acids is 1. The topological polar surface area (TPSA) is 67.2 Å². The molecule has 132 valence electrons. The van der Waals surface area contributed by atoms with Crippen molar-refractivity contribution in [3.05, 3.63) is 52.8 Å². The molecule has 0 radical (unpaired) electrons. The molecule has 2 aromatic rings. The normalized spacial score (nSPS) is 11.7. The lowest BCUT2D eigenvalue weighted by molar-refractivity contribution is -0.137. The molecule has 0 fully saturated rings. The number of aromatic nitrogens is 2. The number of hydrazone groups is 1. The standard InChI is InChI=1S/C16H15F3N4OS/c1-10-7-11(2)22-15(21-10)25-9-14(24)23-20-8-12-3-5-13(6-4-12)16(17,18)19/h3-8H,9H2,1-2H3,(H,23,24)/b20-8+. The fourth-order valence-corrected chi connectivity index (χ4v) is 2.60. The maximum Gasteiger partial charge on any atom is 0.416 e. The molecule has 2 rings (SSSR count). The van der Waals surface area contributed by atoms with Crippen molar-refractivity contribution in [2.45, 2.75) is 25.2 Å². The zero-order chi connectivity index (χ0) is 18.4. The summed E-state index contributed by atoms with van der Waals surface area (Å²) in [4.78, 5) is 20.1. The van der Waals surface area contributed by atoms with Crippen molar-refractivity contribution >= 4 is 23.9 Å². The number of amides is 1. The molecule has 0 aliphatic rings. The summed E-state index contributed by atoms with van der Waals surface area (Å²) in [7, 11) is 0. The second-order valence-corrected chi connectivity index (χ2v) is 6.08. The van der Waals surface area contributed by atoms with Crippen LogP contribution in [0.15, 0.2) is 40.6 Å². The Morgan fingerprint density at radius 3 is 2.36 bits per heavy atom. The van der Waals surface area contributed by atoms with Crippen LogP contribution in [0.5, 0.6) is 0 Å². The van der Waals surface area contributed by atoms with E-state index in [0.29, 0.717) is 10.7 Å². The highest BCUT2D eigenvalue weighted by molar-refractivity contribution is 7.99. The number of hydrogen-bond acceptors (Lipinski definition) is 5. The monoisotopic (exact) mass is 368 g/mol. The highest BCUT2D eigenvalue weighted by Crippen LogP contribution is 2.28. The molecule has 0 aliphatic heterocycles. The van der Waals surface area contributed by atoms with Crippen LogP contribution in [0.3, 0.4) is 0 Å². The molecule has 1 N–H and O–H groups in total. The lowest BCUT2D eigenvalue weighted by Gasteiger charge is -2.05. The number of nitrogens with one attached hydrogen (secondary N) is 1. The molecular formula is C16H15F3N4OS. The summed E-state index contributed by atoms with van der Waals surface area (Å²) < 4.78 is 37.3. The Kier molecular flexibility index (Phi) is 6.13. The smallest absolute Gasteiger partial charge is 0.272 e. The third kappa shape index (κ3) is 6.18. The van der Waals surface area contributed by atoms with Crippen molar-refractivity contribution < 1.29 is 18.0 Å². The lowest BCUT2D eigenvalue weighted by Crippen LogP contribution is -2.19. The molecule has 0 unspecified atom stereocenters. The van der Waals surface area contributed by atoms with Gasteiger partial charge in [-0.1, -0.05) is 23.9 Å².